The van der Waals surface area contributed by atoms with Gasteiger partial charge in [0.25, 0.3) is 0 Å². The Balaban J connectivity index is 1.61. The topological polar surface area (TPSA) is 147 Å². The molecule has 0 spiro atoms. The molecule has 14 heteroatoms. The lowest BCUT2D eigenvalue weighted by Crippen LogP contribution is -2.36. The molecule has 1 amide bonds. The van der Waals surface area contributed by atoms with Crippen molar-refractivity contribution in [1.29, 1.82) is 0 Å². The summed E-state index contributed by atoms with van der Waals surface area (Å²) >= 11 is 0. The number of amides is 1. The summed E-state index contributed by atoms with van der Waals surface area (Å²) in [7, 11) is 0. The summed E-state index contributed by atoms with van der Waals surface area (Å²) < 4.78 is 55.9. The first-order valence-corrected chi connectivity index (χ1v) is 9.46. The molecule has 4 atom stereocenters. The third kappa shape index (κ3) is 4.07. The first kappa shape index (κ1) is 22.2. The van der Waals surface area contributed by atoms with Crippen molar-refractivity contribution in [2.24, 2.45) is 0 Å². The van der Waals surface area contributed by atoms with E-state index in [9.17, 15) is 23.1 Å². The number of carbonyl (C=O) groups excluding carboxylic acids is 1. The van der Waals surface area contributed by atoms with Gasteiger partial charge in [0.15, 0.2) is 23.5 Å². The first-order valence-electron chi connectivity index (χ1n) is 9.46. The van der Waals surface area contributed by atoms with Crippen molar-refractivity contribution in [3.05, 3.63) is 12.2 Å². The molecule has 4 rings (SSSR count). The minimum absolute atomic E-state index is 0.00504. The highest BCUT2D eigenvalue weighted by Crippen LogP contribution is 2.43. The van der Waals surface area contributed by atoms with Gasteiger partial charge >= 0.3 is 12.1 Å². The van der Waals surface area contributed by atoms with Crippen molar-refractivity contribution in [2.45, 2.75) is 50.4 Å². The Bertz CT molecular complexity index is 1110. The number of aromatic nitrogens is 4. The van der Waals surface area contributed by atoms with Crippen LogP contribution in [0.5, 0.6) is 0 Å². The summed E-state index contributed by atoms with van der Waals surface area (Å²) in [6, 6.07) is 0. The number of aliphatic hydroxyl groups is 1. The number of rotatable bonds is 3. The number of carbonyl (C=O) groups is 1. The molecule has 0 aliphatic carbocycles. The van der Waals surface area contributed by atoms with Crippen LogP contribution in [0.4, 0.5) is 19.0 Å². The molecule has 0 saturated carbocycles. The second kappa shape index (κ2) is 7.85. The van der Waals surface area contributed by atoms with Crippen molar-refractivity contribution in [1.82, 2.24) is 24.8 Å². The van der Waals surface area contributed by atoms with Gasteiger partial charge in [-0.15, -0.1) is 0 Å². The molecule has 2 fully saturated rings. The Morgan fingerprint density at radius 3 is 2.75 bits per heavy atom. The standard InChI is InChI=1S/C18H19F3N6O5/c1-17(2)31-11-8(6-28)30-15(12(11)32-17)27-7-24-10-13(22)25-9(26-14(10)27)4-3-5-23-16(29)18(19,20)21/h7-8,11-12,15,28H,5-6H2,1-2H3,(H,23,29)(H2,22,25,26)/t8-,11+,12+,15-/m0/s1. The number of hydrogen-bond donors (Lipinski definition) is 3. The van der Waals surface area contributed by atoms with Gasteiger partial charge in [-0.3, -0.25) is 9.36 Å². The molecule has 0 unspecified atom stereocenters. The molecule has 172 valence electrons. The van der Waals surface area contributed by atoms with Crippen LogP contribution in [-0.2, 0) is 19.0 Å². The molecule has 2 aromatic heterocycles. The number of anilines is 1. The maximum atomic E-state index is 12.2. The van der Waals surface area contributed by atoms with Gasteiger partial charge in [0.05, 0.1) is 19.5 Å². The molecule has 11 nitrogen and oxygen atoms in total. The van der Waals surface area contributed by atoms with Crippen LogP contribution in [0, 0.1) is 11.8 Å². The number of imidazole rings is 1. The molecule has 2 aliphatic heterocycles. The summed E-state index contributed by atoms with van der Waals surface area (Å²) in [6.45, 7) is 2.64. The van der Waals surface area contributed by atoms with Gasteiger partial charge in [-0.1, -0.05) is 5.92 Å². The number of aliphatic hydroxyl groups excluding tert-OH is 1. The Morgan fingerprint density at radius 2 is 2.06 bits per heavy atom. The Morgan fingerprint density at radius 1 is 1.34 bits per heavy atom. The van der Waals surface area contributed by atoms with Gasteiger partial charge in [0.2, 0.25) is 5.82 Å². The van der Waals surface area contributed by atoms with E-state index in [0.29, 0.717) is 0 Å². The second-order valence-electron chi connectivity index (χ2n) is 7.55. The van der Waals surface area contributed by atoms with Gasteiger partial charge in [-0.25, -0.2) is 15.0 Å². The third-order valence-electron chi connectivity index (χ3n) is 4.82. The zero-order valence-corrected chi connectivity index (χ0v) is 16.9. The smallest absolute Gasteiger partial charge is 0.394 e. The van der Waals surface area contributed by atoms with Crippen LogP contribution in [0.25, 0.3) is 11.2 Å². The zero-order valence-electron chi connectivity index (χ0n) is 16.9. The number of halogens is 3. The van der Waals surface area contributed by atoms with Crippen LogP contribution in [0.15, 0.2) is 6.33 Å². The minimum atomic E-state index is -5.00. The van der Waals surface area contributed by atoms with Gasteiger partial charge in [-0.2, -0.15) is 13.2 Å². The number of hydrogen-bond acceptors (Lipinski definition) is 9. The number of nitrogen functional groups attached to an aromatic ring is 1. The molecule has 2 aromatic rings. The Hall–Kier alpha value is -2.99. The Labute approximate surface area is 179 Å². The number of nitrogens with two attached hydrogens (primary N) is 1. The highest BCUT2D eigenvalue weighted by molar-refractivity contribution is 5.82. The predicted molar refractivity (Wildman–Crippen MR) is 100 cm³/mol. The number of alkyl halides is 3. The van der Waals surface area contributed by atoms with E-state index in [1.165, 1.54) is 6.33 Å². The van der Waals surface area contributed by atoms with Crippen molar-refractivity contribution >= 4 is 22.9 Å². The van der Waals surface area contributed by atoms with E-state index >= 15 is 0 Å². The lowest BCUT2D eigenvalue weighted by atomic mass is 10.1. The van der Waals surface area contributed by atoms with E-state index in [0.717, 1.165) is 0 Å². The molecule has 2 saturated heterocycles. The molecule has 4 heterocycles. The minimum Gasteiger partial charge on any atom is -0.394 e. The van der Waals surface area contributed by atoms with E-state index in [-0.39, 0.29) is 29.4 Å². The zero-order chi connectivity index (χ0) is 23.3. The molecule has 0 radical (unpaired) electrons. The summed E-state index contributed by atoms with van der Waals surface area (Å²) in [5.74, 6) is 1.72. The van der Waals surface area contributed by atoms with Gasteiger partial charge in [-0.05, 0) is 19.8 Å². The summed E-state index contributed by atoms with van der Waals surface area (Å²) in [5, 5.41) is 11.3. The van der Waals surface area contributed by atoms with E-state index in [4.69, 9.17) is 19.9 Å². The molecule has 0 aromatic carbocycles. The van der Waals surface area contributed by atoms with Gasteiger partial charge in [0, 0.05) is 0 Å². The number of ether oxygens (including phenoxy) is 3. The predicted octanol–water partition coefficient (Wildman–Crippen LogP) is -0.152. The van der Waals surface area contributed by atoms with Crippen LogP contribution in [0.1, 0.15) is 25.9 Å². The molecule has 4 N–H and O–H groups in total. The normalized spacial score (nSPS) is 26.6. The van der Waals surface area contributed by atoms with Crippen molar-refractivity contribution in [3.63, 3.8) is 0 Å². The van der Waals surface area contributed by atoms with E-state index in [1.54, 1.807) is 23.7 Å². The fourth-order valence-electron chi connectivity index (χ4n) is 3.56. The third-order valence-corrected chi connectivity index (χ3v) is 4.82. The van der Waals surface area contributed by atoms with Crippen LogP contribution in [0.3, 0.4) is 0 Å². The van der Waals surface area contributed by atoms with Crippen LogP contribution < -0.4 is 11.1 Å². The SMILES string of the molecule is CC1(C)O[C@@H]2[C@H](O1)[C@H](CO)O[C@@H]2n1cnc2c(N)nc(C#CCNC(=O)C(F)(F)F)nc21. The molecule has 32 heavy (non-hydrogen) atoms. The van der Waals surface area contributed by atoms with Crippen LogP contribution in [0.2, 0.25) is 0 Å². The van der Waals surface area contributed by atoms with Gasteiger partial charge < -0.3 is 30.4 Å². The Kier molecular flexibility index (Phi) is 5.45. The number of fused-ring (bicyclic) bond motifs is 2. The van der Waals surface area contributed by atoms with Crippen molar-refractivity contribution < 1.29 is 37.3 Å². The second-order valence-corrected chi connectivity index (χ2v) is 7.55. The quantitative estimate of drug-likeness (QED) is 0.537. The maximum Gasteiger partial charge on any atom is 0.471 e. The highest BCUT2D eigenvalue weighted by atomic mass is 19.4. The molecular weight excluding hydrogens is 437 g/mol. The average Bonchev–Trinajstić information content (AvgIpc) is 3.34. The fraction of sp³-hybridized carbons (Fsp3) is 0.556. The van der Waals surface area contributed by atoms with Crippen molar-refractivity contribution in [3.8, 4) is 11.8 Å². The fourth-order valence-corrected chi connectivity index (χ4v) is 3.56. The monoisotopic (exact) mass is 456 g/mol. The van der Waals surface area contributed by atoms with E-state index < -0.39 is 49.0 Å². The first-order chi connectivity index (χ1) is 15.0. The van der Waals surface area contributed by atoms with Crippen LogP contribution >= 0.6 is 0 Å². The lowest BCUT2D eigenvalue weighted by molar-refractivity contribution is -0.199. The molecular formula is C18H19F3N6O5. The van der Waals surface area contributed by atoms with Crippen molar-refractivity contribution in [2.75, 3.05) is 18.9 Å². The highest BCUT2D eigenvalue weighted by Gasteiger charge is 2.56. The van der Waals surface area contributed by atoms with E-state index in [2.05, 4.69) is 26.8 Å². The van der Waals surface area contributed by atoms with E-state index in [1.807, 2.05) is 0 Å². The molecule has 0 bridgehead atoms. The number of nitrogens with one attached hydrogen (secondary N) is 1. The maximum absolute atomic E-state index is 12.2. The lowest BCUT2D eigenvalue weighted by Gasteiger charge is -2.24. The largest absolute Gasteiger partial charge is 0.471 e. The summed E-state index contributed by atoms with van der Waals surface area (Å²) in [6.07, 6.45) is -6.05. The number of nitrogens with zero attached hydrogens (tertiary/aromatic N) is 4. The van der Waals surface area contributed by atoms with Gasteiger partial charge in [0.1, 0.15) is 23.8 Å². The molecule has 2 aliphatic rings. The summed E-state index contributed by atoms with van der Waals surface area (Å²) in [4.78, 5) is 23.3. The summed E-state index contributed by atoms with van der Waals surface area (Å²) in [5.41, 5.74) is 6.44. The van der Waals surface area contributed by atoms with Crippen LogP contribution in [-0.4, -0.2) is 74.0 Å². The average molecular weight is 456 g/mol.